The Morgan fingerprint density at radius 3 is 2.51 bits per heavy atom. The molecule has 0 saturated carbocycles. The molecule has 2 aliphatic heterocycles. The van der Waals surface area contributed by atoms with Gasteiger partial charge in [-0.1, -0.05) is 0 Å². The van der Waals surface area contributed by atoms with Crippen LogP contribution in [-0.4, -0.2) is 106 Å². The first-order chi connectivity index (χ1) is 22.0. The summed E-state index contributed by atoms with van der Waals surface area (Å²) < 4.78 is 5.15. The predicted octanol–water partition coefficient (Wildman–Crippen LogP) is 3.30. The highest BCUT2D eigenvalue weighted by molar-refractivity contribution is 7.20. The van der Waals surface area contributed by atoms with Crippen molar-refractivity contribution >= 4 is 39.1 Å². The van der Waals surface area contributed by atoms with Crippen LogP contribution in [0.3, 0.4) is 0 Å². The first-order valence-corrected chi connectivity index (χ1v) is 15.8. The largest absolute Gasteiger partial charge is 0.481 e. The molecular formula is C32H33N9O3S. The molecular weight excluding hydrogens is 590 g/mol. The fourth-order valence-electron chi connectivity index (χ4n) is 5.92. The number of amides is 2. The Bertz CT molecular complexity index is 1780. The average molecular weight is 624 g/mol. The molecule has 6 heterocycles. The molecule has 1 aromatic carbocycles. The van der Waals surface area contributed by atoms with Crippen molar-refractivity contribution in [2.75, 3.05) is 57.8 Å². The number of nitrogens with zero attached hydrogens (tertiary/aromatic N) is 7. The van der Waals surface area contributed by atoms with E-state index in [4.69, 9.17) is 4.74 Å². The monoisotopic (exact) mass is 623 g/mol. The lowest BCUT2D eigenvalue weighted by Gasteiger charge is -2.36. The molecule has 0 bridgehead atoms. The zero-order valence-corrected chi connectivity index (χ0v) is 25.7. The number of methoxy groups -OCH3 is 1. The third-order valence-electron chi connectivity index (χ3n) is 8.36. The molecule has 2 aliphatic rings. The van der Waals surface area contributed by atoms with Crippen LogP contribution in [0.2, 0.25) is 0 Å². The van der Waals surface area contributed by atoms with Crippen molar-refractivity contribution in [1.82, 2.24) is 40.3 Å². The summed E-state index contributed by atoms with van der Waals surface area (Å²) in [7, 11) is 1.58. The van der Waals surface area contributed by atoms with E-state index in [9.17, 15) is 9.59 Å². The number of pyridine rings is 1. The molecule has 45 heavy (non-hydrogen) atoms. The van der Waals surface area contributed by atoms with E-state index in [1.165, 1.54) is 11.3 Å². The number of carbonyl (C=O) groups is 2. The van der Waals surface area contributed by atoms with E-state index >= 15 is 0 Å². The van der Waals surface area contributed by atoms with Crippen LogP contribution in [0.4, 0.5) is 5.69 Å². The quantitative estimate of drug-likeness (QED) is 0.267. The summed E-state index contributed by atoms with van der Waals surface area (Å²) in [4.78, 5) is 47.0. The fraction of sp³-hybridized carbons (Fsp3) is 0.312. The minimum Gasteiger partial charge on any atom is -0.481 e. The number of aromatic nitrogens is 5. The number of thiophene rings is 1. The zero-order valence-electron chi connectivity index (χ0n) is 24.8. The normalized spacial score (nSPS) is 17.1. The Morgan fingerprint density at radius 2 is 1.78 bits per heavy atom. The number of nitrogens with one attached hydrogen (secondary N) is 2. The standard InChI is InChI=1S/C32H33N9O3S/c1-44-27-8-5-22(18-35-27)29-25-17-26(45-32(25)38-37-29)31(43)36-23-9-12-39(19-23)20-28(42)41-15-13-40(14-16-41)24-6-3-21(4-7-24)30-33-10-2-11-34-30/h2-8,10-11,17-18,23H,9,12-16,19-20H2,1H3,(H,36,43)(H,37,38). The number of carbonyl (C=O) groups excluding carboxylic acids is 2. The second-order valence-electron chi connectivity index (χ2n) is 11.2. The van der Waals surface area contributed by atoms with Gasteiger partial charge >= 0.3 is 0 Å². The number of hydrogen-bond acceptors (Lipinski definition) is 10. The van der Waals surface area contributed by atoms with Gasteiger partial charge in [0.05, 0.1) is 24.2 Å². The van der Waals surface area contributed by atoms with Gasteiger partial charge < -0.3 is 19.9 Å². The van der Waals surface area contributed by atoms with Gasteiger partial charge in [0, 0.05) is 92.2 Å². The van der Waals surface area contributed by atoms with E-state index < -0.39 is 0 Å². The maximum atomic E-state index is 13.1. The smallest absolute Gasteiger partial charge is 0.261 e. The lowest BCUT2D eigenvalue weighted by Crippen LogP contribution is -2.51. The molecule has 12 nitrogen and oxygen atoms in total. The van der Waals surface area contributed by atoms with Crippen LogP contribution < -0.4 is 15.0 Å². The van der Waals surface area contributed by atoms with Crippen LogP contribution in [0.25, 0.3) is 32.9 Å². The van der Waals surface area contributed by atoms with Crippen molar-refractivity contribution in [3.8, 4) is 28.5 Å². The Kier molecular flexibility index (Phi) is 8.09. The zero-order chi connectivity index (χ0) is 30.8. The number of fused-ring (bicyclic) bond motifs is 1. The third kappa shape index (κ3) is 6.22. The van der Waals surface area contributed by atoms with Crippen LogP contribution in [0.1, 0.15) is 16.1 Å². The van der Waals surface area contributed by atoms with E-state index in [-0.39, 0.29) is 17.9 Å². The number of anilines is 1. The average Bonchev–Trinajstić information content (AvgIpc) is 3.82. The Hall–Kier alpha value is -4.88. The summed E-state index contributed by atoms with van der Waals surface area (Å²) in [5.74, 6) is 1.27. The van der Waals surface area contributed by atoms with Gasteiger partial charge in [-0.05, 0) is 48.9 Å². The molecule has 4 aromatic heterocycles. The highest BCUT2D eigenvalue weighted by atomic mass is 32.1. The highest BCUT2D eigenvalue weighted by Gasteiger charge is 2.29. The van der Waals surface area contributed by atoms with E-state index in [0.717, 1.165) is 58.8 Å². The Morgan fingerprint density at radius 1 is 1.00 bits per heavy atom. The number of aromatic amines is 1. The molecule has 1 unspecified atom stereocenters. The summed E-state index contributed by atoms with van der Waals surface area (Å²) in [6, 6.07) is 15.6. The second-order valence-corrected chi connectivity index (χ2v) is 12.2. The molecule has 0 aliphatic carbocycles. The molecule has 7 rings (SSSR count). The summed E-state index contributed by atoms with van der Waals surface area (Å²) in [5.41, 5.74) is 3.80. The molecule has 1 atom stereocenters. The van der Waals surface area contributed by atoms with Gasteiger partial charge in [-0.25, -0.2) is 15.0 Å². The van der Waals surface area contributed by atoms with Crippen molar-refractivity contribution in [2.24, 2.45) is 0 Å². The van der Waals surface area contributed by atoms with Crippen molar-refractivity contribution in [2.45, 2.75) is 12.5 Å². The number of H-pyrrole nitrogens is 1. The van der Waals surface area contributed by atoms with Gasteiger partial charge in [0.25, 0.3) is 5.91 Å². The van der Waals surface area contributed by atoms with E-state index in [0.29, 0.717) is 42.8 Å². The summed E-state index contributed by atoms with van der Waals surface area (Å²) in [6.07, 6.45) is 6.01. The molecule has 2 saturated heterocycles. The van der Waals surface area contributed by atoms with Crippen molar-refractivity contribution in [3.05, 3.63) is 72.0 Å². The molecule has 13 heteroatoms. The molecule has 230 valence electrons. The summed E-state index contributed by atoms with van der Waals surface area (Å²) in [6.45, 7) is 4.73. The molecule has 5 aromatic rings. The second kappa shape index (κ2) is 12.6. The third-order valence-corrected chi connectivity index (χ3v) is 9.39. The SMILES string of the molecule is COc1ccc(-c2[nH]nc3sc(C(=O)NC4CCN(CC(=O)N5CCN(c6ccc(-c7ncccn7)cc6)CC5)C4)cc23)cn1. The first-order valence-electron chi connectivity index (χ1n) is 15.0. The molecule has 2 fully saturated rings. The Labute approximate surface area is 264 Å². The van der Waals surface area contributed by atoms with Crippen LogP contribution in [0.5, 0.6) is 5.88 Å². The van der Waals surface area contributed by atoms with Gasteiger partial charge in [-0.2, -0.15) is 5.10 Å². The maximum absolute atomic E-state index is 13.1. The number of likely N-dealkylation sites (tertiary alicyclic amines) is 1. The minimum absolute atomic E-state index is 0.00681. The van der Waals surface area contributed by atoms with Crippen molar-refractivity contribution < 1.29 is 14.3 Å². The number of benzene rings is 1. The topological polar surface area (TPSA) is 132 Å². The Balaban J connectivity index is 0.885. The summed E-state index contributed by atoms with van der Waals surface area (Å²) >= 11 is 1.36. The van der Waals surface area contributed by atoms with Gasteiger partial charge in [-0.15, -0.1) is 11.3 Å². The van der Waals surface area contributed by atoms with Crippen molar-refractivity contribution in [1.29, 1.82) is 0 Å². The van der Waals surface area contributed by atoms with Crippen LogP contribution in [-0.2, 0) is 4.79 Å². The highest BCUT2D eigenvalue weighted by Crippen LogP contribution is 2.32. The van der Waals surface area contributed by atoms with Crippen LogP contribution >= 0.6 is 11.3 Å². The fourth-order valence-corrected chi connectivity index (χ4v) is 6.82. The predicted molar refractivity (Wildman–Crippen MR) is 172 cm³/mol. The number of hydrogen-bond donors (Lipinski definition) is 2. The first kappa shape index (κ1) is 28.9. The van der Waals surface area contributed by atoms with E-state index in [1.807, 2.05) is 35.2 Å². The number of ether oxygens (including phenoxy) is 1. The maximum Gasteiger partial charge on any atom is 0.261 e. The van der Waals surface area contributed by atoms with Gasteiger partial charge in [0.1, 0.15) is 4.83 Å². The van der Waals surface area contributed by atoms with Gasteiger partial charge in [-0.3, -0.25) is 19.6 Å². The lowest BCUT2D eigenvalue weighted by atomic mass is 10.1. The minimum atomic E-state index is -0.115. The molecule has 0 radical (unpaired) electrons. The van der Waals surface area contributed by atoms with Crippen molar-refractivity contribution in [3.63, 3.8) is 0 Å². The van der Waals surface area contributed by atoms with Crippen LogP contribution in [0, 0.1) is 0 Å². The molecule has 2 amide bonds. The van der Waals surface area contributed by atoms with Crippen LogP contribution in [0.15, 0.2) is 67.1 Å². The van der Waals surface area contributed by atoms with Gasteiger partial charge in [0.2, 0.25) is 11.8 Å². The molecule has 0 spiro atoms. The van der Waals surface area contributed by atoms with E-state index in [2.05, 4.69) is 52.4 Å². The lowest BCUT2D eigenvalue weighted by molar-refractivity contribution is -0.132. The molecule has 2 N–H and O–H groups in total. The number of piperazine rings is 1. The number of rotatable bonds is 8. The summed E-state index contributed by atoms with van der Waals surface area (Å²) in [5, 5.41) is 11.5. The van der Waals surface area contributed by atoms with Gasteiger partial charge in [0.15, 0.2) is 5.82 Å². The van der Waals surface area contributed by atoms with E-state index in [1.54, 1.807) is 31.8 Å².